The lowest BCUT2D eigenvalue weighted by atomic mass is 9.75. The van der Waals surface area contributed by atoms with E-state index >= 15 is 0 Å². The second kappa shape index (κ2) is 4.45. The van der Waals surface area contributed by atoms with Gasteiger partial charge >= 0.3 is 0 Å². The zero-order chi connectivity index (χ0) is 9.90. The van der Waals surface area contributed by atoms with Crippen molar-refractivity contribution < 1.29 is 0 Å². The van der Waals surface area contributed by atoms with E-state index in [2.05, 4.69) is 20.8 Å². The van der Waals surface area contributed by atoms with E-state index in [1.54, 1.807) is 0 Å². The van der Waals surface area contributed by atoms with Gasteiger partial charge in [-0.15, -0.1) is 0 Å². The fourth-order valence-corrected chi connectivity index (χ4v) is 2.97. The molecule has 0 bridgehead atoms. The van der Waals surface area contributed by atoms with E-state index in [-0.39, 0.29) is 0 Å². The first-order valence-corrected chi connectivity index (χ1v) is 5.77. The van der Waals surface area contributed by atoms with Gasteiger partial charge in [0, 0.05) is 6.04 Å². The SMILES string of the molecule is CC(C)CC1(C)CCCCC(N)C1. The Morgan fingerprint density at radius 2 is 2.08 bits per heavy atom. The Kier molecular flexibility index (Phi) is 3.78. The molecule has 0 aromatic rings. The highest BCUT2D eigenvalue weighted by Crippen LogP contribution is 2.39. The maximum atomic E-state index is 6.09. The minimum atomic E-state index is 0.464. The van der Waals surface area contributed by atoms with Gasteiger partial charge < -0.3 is 5.73 Å². The van der Waals surface area contributed by atoms with Crippen LogP contribution < -0.4 is 5.73 Å². The second-order valence-electron chi connectivity index (χ2n) is 5.62. The average Bonchev–Trinajstić information content (AvgIpc) is 2.09. The number of rotatable bonds is 2. The molecule has 1 saturated carbocycles. The van der Waals surface area contributed by atoms with Crippen LogP contribution in [-0.4, -0.2) is 6.04 Å². The molecule has 78 valence electrons. The monoisotopic (exact) mass is 183 g/mol. The molecule has 0 heterocycles. The van der Waals surface area contributed by atoms with E-state index in [1.165, 1.54) is 38.5 Å². The van der Waals surface area contributed by atoms with Crippen LogP contribution in [0.1, 0.15) is 59.3 Å². The van der Waals surface area contributed by atoms with Crippen LogP contribution in [0.3, 0.4) is 0 Å². The van der Waals surface area contributed by atoms with Gasteiger partial charge in [-0.05, 0) is 37.0 Å². The van der Waals surface area contributed by atoms with Crippen molar-refractivity contribution >= 4 is 0 Å². The quantitative estimate of drug-likeness (QED) is 0.653. The summed E-state index contributed by atoms with van der Waals surface area (Å²) in [6.07, 6.45) is 7.95. The molecule has 0 aliphatic heterocycles. The molecule has 0 radical (unpaired) electrons. The van der Waals surface area contributed by atoms with Gasteiger partial charge in [0.05, 0.1) is 0 Å². The first kappa shape index (κ1) is 11.0. The predicted molar refractivity (Wildman–Crippen MR) is 58.6 cm³/mol. The highest BCUT2D eigenvalue weighted by atomic mass is 14.6. The average molecular weight is 183 g/mol. The van der Waals surface area contributed by atoms with Crippen molar-refractivity contribution in [1.82, 2.24) is 0 Å². The standard InChI is InChI=1S/C12H25N/c1-10(2)8-12(3)7-5-4-6-11(13)9-12/h10-11H,4-9,13H2,1-3H3. The van der Waals surface area contributed by atoms with Crippen molar-refractivity contribution in [3.05, 3.63) is 0 Å². The zero-order valence-electron chi connectivity index (χ0n) is 9.47. The molecule has 1 aliphatic carbocycles. The summed E-state index contributed by atoms with van der Waals surface area (Å²) < 4.78 is 0. The van der Waals surface area contributed by atoms with Crippen molar-refractivity contribution in [2.45, 2.75) is 65.3 Å². The van der Waals surface area contributed by atoms with Gasteiger partial charge in [0.2, 0.25) is 0 Å². The summed E-state index contributed by atoms with van der Waals surface area (Å²) in [4.78, 5) is 0. The molecule has 2 unspecified atom stereocenters. The Bertz CT molecular complexity index is 153. The van der Waals surface area contributed by atoms with Crippen molar-refractivity contribution in [2.24, 2.45) is 17.1 Å². The lowest BCUT2D eigenvalue weighted by Gasteiger charge is -2.31. The Morgan fingerprint density at radius 1 is 1.38 bits per heavy atom. The third kappa shape index (κ3) is 3.68. The summed E-state index contributed by atoms with van der Waals surface area (Å²) in [6, 6.07) is 0.464. The highest BCUT2D eigenvalue weighted by molar-refractivity contribution is 4.83. The number of hydrogen-bond donors (Lipinski definition) is 1. The molecule has 2 atom stereocenters. The van der Waals surface area contributed by atoms with Crippen LogP contribution in [0.15, 0.2) is 0 Å². The van der Waals surface area contributed by atoms with Crippen LogP contribution in [-0.2, 0) is 0 Å². The molecule has 0 spiro atoms. The first-order valence-electron chi connectivity index (χ1n) is 5.77. The Labute approximate surface area is 83.1 Å². The fraction of sp³-hybridized carbons (Fsp3) is 1.00. The van der Waals surface area contributed by atoms with E-state index in [1.807, 2.05) is 0 Å². The molecule has 1 aliphatic rings. The van der Waals surface area contributed by atoms with Gasteiger partial charge in [-0.1, -0.05) is 33.6 Å². The van der Waals surface area contributed by atoms with Gasteiger partial charge in [0.1, 0.15) is 0 Å². The van der Waals surface area contributed by atoms with Crippen molar-refractivity contribution in [3.8, 4) is 0 Å². The first-order chi connectivity index (χ1) is 6.02. The largest absolute Gasteiger partial charge is 0.328 e. The summed E-state index contributed by atoms with van der Waals surface area (Å²) in [7, 11) is 0. The fourth-order valence-electron chi connectivity index (χ4n) is 2.97. The minimum Gasteiger partial charge on any atom is -0.328 e. The molecule has 0 aromatic carbocycles. The molecule has 1 heteroatoms. The maximum absolute atomic E-state index is 6.09. The van der Waals surface area contributed by atoms with Crippen LogP contribution in [0.25, 0.3) is 0 Å². The lowest BCUT2D eigenvalue weighted by Crippen LogP contribution is -2.28. The molecule has 0 amide bonds. The second-order valence-corrected chi connectivity index (χ2v) is 5.62. The molecular formula is C12H25N. The molecule has 0 aromatic heterocycles. The molecule has 1 rings (SSSR count). The van der Waals surface area contributed by atoms with E-state index in [0.717, 1.165) is 5.92 Å². The van der Waals surface area contributed by atoms with E-state index in [4.69, 9.17) is 5.73 Å². The lowest BCUT2D eigenvalue weighted by molar-refractivity contribution is 0.212. The molecule has 1 fully saturated rings. The molecule has 1 nitrogen and oxygen atoms in total. The number of hydrogen-bond acceptors (Lipinski definition) is 1. The molecule has 2 N–H and O–H groups in total. The van der Waals surface area contributed by atoms with Crippen molar-refractivity contribution in [3.63, 3.8) is 0 Å². The summed E-state index contributed by atoms with van der Waals surface area (Å²) in [5.41, 5.74) is 6.62. The summed E-state index contributed by atoms with van der Waals surface area (Å²) in [6.45, 7) is 7.07. The van der Waals surface area contributed by atoms with Crippen LogP contribution in [0.2, 0.25) is 0 Å². The van der Waals surface area contributed by atoms with Gasteiger partial charge in [-0.3, -0.25) is 0 Å². The predicted octanol–water partition coefficient (Wildman–Crippen LogP) is 3.33. The minimum absolute atomic E-state index is 0.464. The van der Waals surface area contributed by atoms with E-state index in [0.29, 0.717) is 11.5 Å². The Morgan fingerprint density at radius 3 is 2.69 bits per heavy atom. The Hall–Kier alpha value is -0.0400. The topological polar surface area (TPSA) is 26.0 Å². The zero-order valence-corrected chi connectivity index (χ0v) is 9.47. The highest BCUT2D eigenvalue weighted by Gasteiger charge is 2.29. The number of nitrogens with two attached hydrogens (primary N) is 1. The van der Waals surface area contributed by atoms with E-state index < -0.39 is 0 Å². The van der Waals surface area contributed by atoms with Gasteiger partial charge in [0.25, 0.3) is 0 Å². The van der Waals surface area contributed by atoms with Gasteiger partial charge in [-0.2, -0.15) is 0 Å². The summed E-state index contributed by atoms with van der Waals surface area (Å²) in [5, 5.41) is 0. The smallest absolute Gasteiger partial charge is 0.00440 e. The Balaban J connectivity index is 2.52. The van der Waals surface area contributed by atoms with Crippen LogP contribution in [0.4, 0.5) is 0 Å². The van der Waals surface area contributed by atoms with E-state index in [9.17, 15) is 0 Å². The molecular weight excluding hydrogens is 158 g/mol. The van der Waals surface area contributed by atoms with Crippen LogP contribution >= 0.6 is 0 Å². The summed E-state index contributed by atoms with van der Waals surface area (Å²) in [5.74, 6) is 0.815. The maximum Gasteiger partial charge on any atom is 0.00440 e. The third-order valence-electron chi connectivity index (χ3n) is 3.26. The third-order valence-corrected chi connectivity index (χ3v) is 3.26. The summed E-state index contributed by atoms with van der Waals surface area (Å²) >= 11 is 0. The van der Waals surface area contributed by atoms with Gasteiger partial charge in [-0.25, -0.2) is 0 Å². The molecule has 0 saturated heterocycles. The van der Waals surface area contributed by atoms with Crippen LogP contribution in [0, 0.1) is 11.3 Å². The molecule has 13 heavy (non-hydrogen) atoms. The normalized spacial score (nSPS) is 36.2. The van der Waals surface area contributed by atoms with Crippen molar-refractivity contribution in [2.75, 3.05) is 0 Å². The van der Waals surface area contributed by atoms with Gasteiger partial charge in [0.15, 0.2) is 0 Å². The van der Waals surface area contributed by atoms with Crippen molar-refractivity contribution in [1.29, 1.82) is 0 Å². The van der Waals surface area contributed by atoms with Crippen LogP contribution in [0.5, 0.6) is 0 Å².